The molecule has 0 heterocycles. The van der Waals surface area contributed by atoms with Crippen LogP contribution >= 0.6 is 0 Å². The maximum atomic E-state index is 12.9. The summed E-state index contributed by atoms with van der Waals surface area (Å²) < 4.78 is 81.9. The van der Waals surface area contributed by atoms with Crippen LogP contribution in [0.3, 0.4) is 0 Å². The molecule has 0 amide bonds. The quantitative estimate of drug-likeness (QED) is 0.302. The van der Waals surface area contributed by atoms with Gasteiger partial charge in [0.05, 0.1) is 23.9 Å². The zero-order valence-electron chi connectivity index (χ0n) is 14.7. The first kappa shape index (κ1) is 22.0. The van der Waals surface area contributed by atoms with Crippen LogP contribution in [0.15, 0.2) is 59.1 Å². The summed E-state index contributed by atoms with van der Waals surface area (Å²) >= 11 is 0. The topological polar surface area (TPSA) is 58.9 Å². The van der Waals surface area contributed by atoms with Crippen LogP contribution in [-0.2, 0) is 11.0 Å². The van der Waals surface area contributed by atoms with Gasteiger partial charge in [-0.1, -0.05) is 6.07 Å². The molecule has 0 fully saturated rings. The third kappa shape index (κ3) is 5.59. The second-order valence-electron chi connectivity index (χ2n) is 5.62. The number of halogens is 6. The summed E-state index contributed by atoms with van der Waals surface area (Å²) in [6.07, 6.45) is -9.64. The Hall–Kier alpha value is -3.30. The van der Waals surface area contributed by atoms with Crippen molar-refractivity contribution in [2.45, 2.75) is 12.4 Å². The van der Waals surface area contributed by atoms with Crippen molar-refractivity contribution in [1.82, 2.24) is 0 Å². The number of alkyl halides is 6. The molecule has 0 unspecified atom stereocenters. The second kappa shape index (κ2) is 8.38. The third-order valence-corrected chi connectivity index (χ3v) is 3.64. The number of benzene rings is 2. The Bertz CT molecular complexity index is 944. The first-order valence-corrected chi connectivity index (χ1v) is 7.84. The van der Waals surface area contributed by atoms with E-state index in [1.165, 1.54) is 31.4 Å². The fourth-order valence-electron chi connectivity index (χ4n) is 2.19. The molecule has 29 heavy (non-hydrogen) atoms. The molecule has 10 heteroatoms. The van der Waals surface area contributed by atoms with Crippen molar-refractivity contribution in [3.63, 3.8) is 0 Å². The van der Waals surface area contributed by atoms with E-state index in [-0.39, 0.29) is 11.3 Å². The number of carbonyl (C=O) groups excluding carboxylic acids is 1. The van der Waals surface area contributed by atoms with Gasteiger partial charge in [0.2, 0.25) is 0 Å². The molecule has 0 aliphatic rings. The zero-order valence-corrected chi connectivity index (χ0v) is 14.7. The van der Waals surface area contributed by atoms with E-state index in [1.807, 2.05) is 0 Å². The van der Waals surface area contributed by atoms with Crippen molar-refractivity contribution in [1.29, 1.82) is 0 Å². The highest BCUT2D eigenvalue weighted by Gasteiger charge is 2.41. The molecule has 0 aromatic heterocycles. The van der Waals surface area contributed by atoms with Crippen LogP contribution in [0.25, 0.3) is 5.76 Å². The van der Waals surface area contributed by atoms with Crippen molar-refractivity contribution >= 4 is 23.4 Å². The third-order valence-electron chi connectivity index (χ3n) is 3.64. The average molecular weight is 417 g/mol. The fourth-order valence-corrected chi connectivity index (χ4v) is 2.19. The number of aliphatic imine (C=N–C) groups is 1. The van der Waals surface area contributed by atoms with Crippen LogP contribution in [0.5, 0.6) is 5.75 Å². The standard InChI is InChI=1S/C19H13F6NO3/c1-29-14-7-5-11(6-8-14)16(27)15(17(28)19(23,24)25)10-26-13-4-2-3-12(9-13)18(20,21)22/h2-10,27H,1H3/b16-15-,26-10?. The van der Waals surface area contributed by atoms with E-state index < -0.39 is 35.0 Å². The molecule has 2 aromatic carbocycles. The SMILES string of the molecule is COc1ccc(/C(O)=C(\C=Nc2cccc(C(F)(F)F)c2)C(=O)C(F)(F)F)cc1. The number of aliphatic hydroxyl groups is 1. The van der Waals surface area contributed by atoms with E-state index in [9.17, 15) is 36.2 Å². The number of methoxy groups -OCH3 is 1. The molecule has 0 aliphatic heterocycles. The molecular weight excluding hydrogens is 404 g/mol. The van der Waals surface area contributed by atoms with E-state index in [4.69, 9.17) is 4.74 Å². The van der Waals surface area contributed by atoms with Gasteiger partial charge < -0.3 is 9.84 Å². The minimum atomic E-state index is -5.34. The van der Waals surface area contributed by atoms with Gasteiger partial charge in [0.15, 0.2) is 0 Å². The van der Waals surface area contributed by atoms with E-state index in [2.05, 4.69) is 4.99 Å². The van der Waals surface area contributed by atoms with Gasteiger partial charge in [0.25, 0.3) is 5.78 Å². The summed E-state index contributed by atoms with van der Waals surface area (Å²) in [5, 5.41) is 10.2. The number of Topliss-reactive ketones (excluding diaryl/α,β-unsaturated/α-hetero) is 1. The van der Waals surface area contributed by atoms with Gasteiger partial charge >= 0.3 is 12.4 Å². The largest absolute Gasteiger partial charge is 0.506 e. The maximum absolute atomic E-state index is 12.9. The zero-order chi connectivity index (χ0) is 21.8. The highest BCUT2D eigenvalue weighted by atomic mass is 19.4. The van der Waals surface area contributed by atoms with Crippen molar-refractivity contribution < 1.29 is 41.0 Å². The summed E-state index contributed by atoms with van der Waals surface area (Å²) in [5.74, 6) is -3.09. The number of nitrogens with zero attached hydrogens (tertiary/aromatic N) is 1. The molecular formula is C19H13F6NO3. The number of carbonyl (C=O) groups is 1. The molecule has 0 bridgehead atoms. The molecule has 0 saturated carbocycles. The number of rotatable bonds is 5. The van der Waals surface area contributed by atoms with E-state index in [0.29, 0.717) is 18.0 Å². The predicted octanol–water partition coefficient (Wildman–Crippen LogP) is 5.52. The lowest BCUT2D eigenvalue weighted by Gasteiger charge is -2.10. The minimum absolute atomic E-state index is 0.145. The summed E-state index contributed by atoms with van der Waals surface area (Å²) in [5.41, 5.74) is -2.79. The lowest BCUT2D eigenvalue weighted by atomic mass is 10.0. The second-order valence-corrected chi connectivity index (χ2v) is 5.62. The molecule has 2 rings (SSSR count). The first-order valence-electron chi connectivity index (χ1n) is 7.84. The van der Waals surface area contributed by atoms with Crippen molar-refractivity contribution in [2.24, 2.45) is 4.99 Å². The van der Waals surface area contributed by atoms with Gasteiger partial charge in [-0.2, -0.15) is 26.3 Å². The van der Waals surface area contributed by atoms with Gasteiger partial charge in [-0.3, -0.25) is 9.79 Å². The van der Waals surface area contributed by atoms with E-state index >= 15 is 0 Å². The Morgan fingerprint density at radius 2 is 1.66 bits per heavy atom. The molecule has 0 atom stereocenters. The van der Waals surface area contributed by atoms with E-state index in [0.717, 1.165) is 18.2 Å². The number of allylic oxidation sites excluding steroid dienone is 1. The number of hydrogen-bond donors (Lipinski definition) is 1. The summed E-state index contributed by atoms with van der Waals surface area (Å²) in [7, 11) is 1.35. The Kier molecular flexibility index (Phi) is 6.35. The molecule has 0 aliphatic carbocycles. The lowest BCUT2D eigenvalue weighted by Crippen LogP contribution is -2.26. The van der Waals surface area contributed by atoms with Gasteiger partial charge in [-0.05, 0) is 42.5 Å². The number of aliphatic hydroxyl groups excluding tert-OH is 1. The monoisotopic (exact) mass is 417 g/mol. The van der Waals surface area contributed by atoms with Crippen LogP contribution in [0.1, 0.15) is 11.1 Å². The van der Waals surface area contributed by atoms with Crippen molar-refractivity contribution in [2.75, 3.05) is 7.11 Å². The average Bonchev–Trinajstić information content (AvgIpc) is 2.66. The molecule has 1 N–H and O–H groups in total. The van der Waals surface area contributed by atoms with Gasteiger partial charge in [-0.25, -0.2) is 0 Å². The highest BCUT2D eigenvalue weighted by Crippen LogP contribution is 2.32. The Morgan fingerprint density at radius 1 is 1.03 bits per heavy atom. The molecule has 0 radical (unpaired) electrons. The van der Waals surface area contributed by atoms with Crippen molar-refractivity contribution in [3.8, 4) is 5.75 Å². The number of ketones is 1. The maximum Gasteiger partial charge on any atom is 0.455 e. The molecule has 4 nitrogen and oxygen atoms in total. The summed E-state index contributed by atoms with van der Waals surface area (Å²) in [6.45, 7) is 0. The van der Waals surface area contributed by atoms with Crippen LogP contribution in [0, 0.1) is 0 Å². The number of hydrogen-bond acceptors (Lipinski definition) is 4. The molecule has 154 valence electrons. The van der Waals surface area contributed by atoms with Gasteiger partial charge in [0.1, 0.15) is 11.5 Å². The normalized spacial score (nSPS) is 13.3. The number of ether oxygens (including phenoxy) is 1. The van der Waals surface area contributed by atoms with Crippen LogP contribution in [-0.4, -0.2) is 30.4 Å². The first-order chi connectivity index (χ1) is 13.4. The van der Waals surface area contributed by atoms with E-state index in [1.54, 1.807) is 0 Å². The molecule has 2 aromatic rings. The highest BCUT2D eigenvalue weighted by molar-refractivity contribution is 6.20. The van der Waals surface area contributed by atoms with Crippen molar-refractivity contribution in [3.05, 3.63) is 65.2 Å². The molecule has 0 spiro atoms. The lowest BCUT2D eigenvalue weighted by molar-refractivity contribution is -0.165. The van der Waals surface area contributed by atoms with Crippen LogP contribution in [0.4, 0.5) is 32.0 Å². The fraction of sp³-hybridized carbons (Fsp3) is 0.158. The predicted molar refractivity (Wildman–Crippen MR) is 93.2 cm³/mol. The van der Waals surface area contributed by atoms with Crippen LogP contribution in [0.2, 0.25) is 0 Å². The molecule has 0 saturated heterocycles. The Labute approximate surface area is 160 Å². The van der Waals surface area contributed by atoms with Gasteiger partial charge in [-0.15, -0.1) is 0 Å². The van der Waals surface area contributed by atoms with Gasteiger partial charge in [0, 0.05) is 11.8 Å². The summed E-state index contributed by atoms with van der Waals surface area (Å²) in [4.78, 5) is 15.2. The minimum Gasteiger partial charge on any atom is -0.506 e. The Morgan fingerprint density at radius 3 is 2.17 bits per heavy atom. The Balaban J connectivity index is 2.51. The summed E-state index contributed by atoms with van der Waals surface area (Å²) in [6, 6.07) is 8.55. The van der Waals surface area contributed by atoms with Crippen LogP contribution < -0.4 is 4.74 Å². The smallest absolute Gasteiger partial charge is 0.455 e.